The van der Waals surface area contributed by atoms with Gasteiger partial charge in [0.15, 0.2) is 5.82 Å². The zero-order valence-corrected chi connectivity index (χ0v) is 11.8. The molecular weight excluding hydrogens is 244 g/mol. The Balaban J connectivity index is 2.12. The van der Waals surface area contributed by atoms with Gasteiger partial charge in [0.25, 0.3) is 0 Å². The summed E-state index contributed by atoms with van der Waals surface area (Å²) in [6.45, 7) is 8.15. The molecule has 0 bridgehead atoms. The third-order valence-electron chi connectivity index (χ3n) is 2.43. The highest BCUT2D eigenvalue weighted by molar-refractivity contribution is 7.07. The molecule has 5 heteroatoms. The first-order chi connectivity index (χ1) is 8.65. The second-order valence-corrected chi connectivity index (χ2v) is 5.44. The molecule has 2 rings (SSSR count). The summed E-state index contributed by atoms with van der Waals surface area (Å²) in [7, 11) is 0. The summed E-state index contributed by atoms with van der Waals surface area (Å²) in [6, 6.07) is 2.02. The predicted molar refractivity (Wildman–Crippen MR) is 74.4 cm³/mol. The average molecular weight is 262 g/mol. The third-order valence-corrected chi connectivity index (χ3v) is 3.01. The lowest BCUT2D eigenvalue weighted by Gasteiger charge is -2.08. The normalized spacial score (nSPS) is 11.1. The van der Waals surface area contributed by atoms with Crippen LogP contribution in [0.15, 0.2) is 17.0 Å². The molecule has 0 saturated heterocycles. The van der Waals surface area contributed by atoms with E-state index in [9.17, 15) is 0 Å². The lowest BCUT2D eigenvalue weighted by molar-refractivity contribution is 0.548. The van der Waals surface area contributed by atoms with E-state index in [1.165, 1.54) is 0 Å². The van der Waals surface area contributed by atoms with E-state index in [1.807, 2.05) is 18.4 Å². The monoisotopic (exact) mass is 262 g/mol. The molecule has 0 aromatic carbocycles. The standard InChI is InChI=1S/C13H18N4S/c1-9(2)5-14-6-11-4-10(3)16-13(17-11)12-7-18-8-15-12/h4,7-9,14H,5-6H2,1-3H3. The fourth-order valence-electron chi connectivity index (χ4n) is 1.65. The Morgan fingerprint density at radius 1 is 1.33 bits per heavy atom. The molecule has 4 nitrogen and oxygen atoms in total. The van der Waals surface area contributed by atoms with Crippen LogP contribution in [-0.2, 0) is 6.54 Å². The highest BCUT2D eigenvalue weighted by atomic mass is 32.1. The topological polar surface area (TPSA) is 50.7 Å². The van der Waals surface area contributed by atoms with Crippen molar-refractivity contribution in [3.8, 4) is 11.5 Å². The average Bonchev–Trinajstić information content (AvgIpc) is 2.81. The van der Waals surface area contributed by atoms with Crippen LogP contribution in [0.4, 0.5) is 0 Å². The van der Waals surface area contributed by atoms with Crippen molar-refractivity contribution in [2.45, 2.75) is 27.3 Å². The summed E-state index contributed by atoms with van der Waals surface area (Å²) in [4.78, 5) is 13.2. The molecule has 96 valence electrons. The summed E-state index contributed by atoms with van der Waals surface area (Å²) in [5.74, 6) is 1.36. The van der Waals surface area contributed by atoms with Crippen molar-refractivity contribution in [2.75, 3.05) is 6.54 Å². The van der Waals surface area contributed by atoms with Gasteiger partial charge in [0.05, 0.1) is 11.2 Å². The van der Waals surface area contributed by atoms with Gasteiger partial charge < -0.3 is 5.32 Å². The Bertz CT molecular complexity index is 494. The zero-order valence-electron chi connectivity index (χ0n) is 11.0. The van der Waals surface area contributed by atoms with Gasteiger partial charge in [0.2, 0.25) is 0 Å². The van der Waals surface area contributed by atoms with E-state index in [0.29, 0.717) is 5.92 Å². The van der Waals surface area contributed by atoms with E-state index in [2.05, 4.69) is 34.1 Å². The summed E-state index contributed by atoms with van der Waals surface area (Å²) in [5.41, 5.74) is 4.66. The summed E-state index contributed by atoms with van der Waals surface area (Å²) >= 11 is 1.56. The molecule has 2 aromatic rings. The minimum absolute atomic E-state index is 0.644. The van der Waals surface area contributed by atoms with Crippen LogP contribution in [0.25, 0.3) is 11.5 Å². The van der Waals surface area contributed by atoms with Crippen molar-refractivity contribution in [1.82, 2.24) is 20.3 Å². The smallest absolute Gasteiger partial charge is 0.179 e. The van der Waals surface area contributed by atoms with E-state index in [-0.39, 0.29) is 0 Å². The summed E-state index contributed by atoms with van der Waals surface area (Å²) < 4.78 is 0. The molecule has 0 saturated carbocycles. The number of hydrogen-bond donors (Lipinski definition) is 1. The molecule has 0 fully saturated rings. The first-order valence-electron chi connectivity index (χ1n) is 6.09. The largest absolute Gasteiger partial charge is 0.311 e. The number of aryl methyl sites for hydroxylation is 1. The second-order valence-electron chi connectivity index (χ2n) is 4.72. The Morgan fingerprint density at radius 3 is 2.83 bits per heavy atom. The Labute approximate surface area is 112 Å². The SMILES string of the molecule is Cc1cc(CNCC(C)C)nc(-c2cscn2)n1. The molecule has 0 radical (unpaired) electrons. The van der Waals surface area contributed by atoms with E-state index < -0.39 is 0 Å². The van der Waals surface area contributed by atoms with Crippen molar-refractivity contribution >= 4 is 11.3 Å². The van der Waals surface area contributed by atoms with E-state index in [0.717, 1.165) is 36.0 Å². The Hall–Kier alpha value is -1.33. The quantitative estimate of drug-likeness (QED) is 0.900. The predicted octanol–water partition coefficient (Wildman–Crippen LogP) is 2.65. The maximum absolute atomic E-state index is 4.54. The number of rotatable bonds is 5. The van der Waals surface area contributed by atoms with E-state index >= 15 is 0 Å². The molecule has 0 aliphatic rings. The van der Waals surface area contributed by atoms with Crippen molar-refractivity contribution in [3.05, 3.63) is 28.3 Å². The molecule has 1 N–H and O–H groups in total. The van der Waals surface area contributed by atoms with Gasteiger partial charge >= 0.3 is 0 Å². The molecule has 0 unspecified atom stereocenters. The Kier molecular flexibility index (Phi) is 4.38. The number of thiazole rings is 1. The molecule has 18 heavy (non-hydrogen) atoms. The van der Waals surface area contributed by atoms with Crippen LogP contribution < -0.4 is 5.32 Å². The number of nitrogens with zero attached hydrogens (tertiary/aromatic N) is 3. The van der Waals surface area contributed by atoms with Crippen molar-refractivity contribution in [2.24, 2.45) is 5.92 Å². The maximum Gasteiger partial charge on any atom is 0.179 e. The van der Waals surface area contributed by atoms with Gasteiger partial charge in [-0.15, -0.1) is 11.3 Å². The van der Waals surface area contributed by atoms with Gasteiger partial charge in [-0.25, -0.2) is 15.0 Å². The van der Waals surface area contributed by atoms with Crippen LogP contribution in [0.5, 0.6) is 0 Å². The van der Waals surface area contributed by atoms with Gasteiger partial charge in [0.1, 0.15) is 5.69 Å². The lowest BCUT2D eigenvalue weighted by atomic mass is 10.2. The second kappa shape index (κ2) is 6.02. The molecule has 0 aliphatic carbocycles. The van der Waals surface area contributed by atoms with Crippen molar-refractivity contribution < 1.29 is 0 Å². The van der Waals surface area contributed by atoms with Gasteiger partial charge in [0, 0.05) is 17.6 Å². The molecular formula is C13H18N4S. The van der Waals surface area contributed by atoms with Crippen molar-refractivity contribution in [3.63, 3.8) is 0 Å². The van der Waals surface area contributed by atoms with E-state index in [1.54, 1.807) is 16.8 Å². The van der Waals surface area contributed by atoms with Crippen LogP contribution in [0, 0.1) is 12.8 Å². The van der Waals surface area contributed by atoms with Gasteiger partial charge in [-0.1, -0.05) is 13.8 Å². The van der Waals surface area contributed by atoms with Crippen LogP contribution in [0.3, 0.4) is 0 Å². The maximum atomic E-state index is 4.54. The number of aromatic nitrogens is 3. The van der Waals surface area contributed by atoms with E-state index in [4.69, 9.17) is 0 Å². The molecule has 0 atom stereocenters. The van der Waals surface area contributed by atoms with Crippen LogP contribution >= 0.6 is 11.3 Å². The highest BCUT2D eigenvalue weighted by Crippen LogP contribution is 2.15. The van der Waals surface area contributed by atoms with Gasteiger partial charge in [-0.3, -0.25) is 0 Å². The number of hydrogen-bond acceptors (Lipinski definition) is 5. The summed E-state index contributed by atoms with van der Waals surface area (Å²) in [6.07, 6.45) is 0. The minimum atomic E-state index is 0.644. The fraction of sp³-hybridized carbons (Fsp3) is 0.462. The van der Waals surface area contributed by atoms with Crippen LogP contribution in [0.2, 0.25) is 0 Å². The zero-order chi connectivity index (χ0) is 13.0. The molecule has 0 spiro atoms. The lowest BCUT2D eigenvalue weighted by Crippen LogP contribution is -2.20. The Morgan fingerprint density at radius 2 is 2.17 bits per heavy atom. The molecule has 2 heterocycles. The van der Waals surface area contributed by atoms with Crippen LogP contribution in [-0.4, -0.2) is 21.5 Å². The third kappa shape index (κ3) is 3.58. The van der Waals surface area contributed by atoms with Gasteiger partial charge in [-0.2, -0.15) is 0 Å². The summed E-state index contributed by atoms with van der Waals surface area (Å²) in [5, 5.41) is 5.37. The molecule has 2 aromatic heterocycles. The number of nitrogens with one attached hydrogen (secondary N) is 1. The first kappa shape index (κ1) is 13.1. The minimum Gasteiger partial charge on any atom is -0.311 e. The highest BCUT2D eigenvalue weighted by Gasteiger charge is 2.06. The van der Waals surface area contributed by atoms with Crippen LogP contribution in [0.1, 0.15) is 25.2 Å². The molecule has 0 aliphatic heterocycles. The van der Waals surface area contributed by atoms with Gasteiger partial charge in [-0.05, 0) is 25.5 Å². The molecule has 0 amide bonds. The first-order valence-corrected chi connectivity index (χ1v) is 7.03. The fourth-order valence-corrected chi connectivity index (χ4v) is 2.18. The van der Waals surface area contributed by atoms with Crippen molar-refractivity contribution in [1.29, 1.82) is 0 Å².